The summed E-state index contributed by atoms with van der Waals surface area (Å²) in [6.07, 6.45) is 0. The monoisotopic (exact) mass is 443 g/mol. The maximum Gasteiger partial charge on any atom is 0.318 e. The highest BCUT2D eigenvalue weighted by Gasteiger charge is 2.42. The summed E-state index contributed by atoms with van der Waals surface area (Å²) in [6.45, 7) is 12.5. The average molecular weight is 444 g/mol. The first kappa shape index (κ1) is 23.0. The number of hydrogen-bond donors (Lipinski definition) is 4. The van der Waals surface area contributed by atoms with E-state index >= 15 is 0 Å². The molecule has 0 spiro atoms. The topological polar surface area (TPSA) is 110 Å². The van der Waals surface area contributed by atoms with Crippen LogP contribution >= 0.6 is 0 Å². The maximum atomic E-state index is 13.0. The number of hydrogen-bond acceptors (Lipinski definition) is 4. The average Bonchev–Trinajstić information content (AvgIpc) is 3.26. The summed E-state index contributed by atoms with van der Waals surface area (Å²) in [5.41, 5.74) is 2.48. The van der Waals surface area contributed by atoms with Crippen molar-refractivity contribution in [2.24, 2.45) is 0 Å². The number of aliphatic hydroxyl groups excluding tert-OH is 1. The molecule has 3 rings (SSSR count). The molecule has 0 saturated heterocycles. The predicted octanol–water partition coefficient (Wildman–Crippen LogP) is 3.79. The van der Waals surface area contributed by atoms with Crippen LogP contribution in [-0.4, -0.2) is 46.8 Å². The second-order valence-electron chi connectivity index (χ2n) is 9.69. The SMILES string of the molecule is CC1c2[nH]nc(NC(=O)C(C)(C)[Si](C)(C)C)c2CN1C(=O)N[C@H](CO)c1ccccc1. The Bertz CT molecular complexity index is 952. The molecule has 0 bridgehead atoms. The van der Waals surface area contributed by atoms with Crippen molar-refractivity contribution in [3.8, 4) is 0 Å². The lowest BCUT2D eigenvalue weighted by Gasteiger charge is -2.35. The Labute approximate surface area is 184 Å². The lowest BCUT2D eigenvalue weighted by atomic mass is 10.1. The van der Waals surface area contributed by atoms with Crippen LogP contribution < -0.4 is 10.6 Å². The van der Waals surface area contributed by atoms with Crippen LogP contribution in [0.25, 0.3) is 0 Å². The molecule has 2 atom stereocenters. The van der Waals surface area contributed by atoms with Gasteiger partial charge in [-0.25, -0.2) is 4.79 Å². The molecule has 3 amide bonds. The highest BCUT2D eigenvalue weighted by atomic mass is 28.3. The number of aliphatic hydroxyl groups is 1. The van der Waals surface area contributed by atoms with Crippen molar-refractivity contribution in [2.45, 2.75) is 64.1 Å². The Morgan fingerprint density at radius 3 is 2.52 bits per heavy atom. The quantitative estimate of drug-likeness (QED) is 0.509. The second kappa shape index (κ2) is 8.47. The number of amides is 3. The van der Waals surface area contributed by atoms with Gasteiger partial charge in [0.05, 0.1) is 39.0 Å². The summed E-state index contributed by atoms with van der Waals surface area (Å²) in [5, 5.41) is 22.5. The van der Waals surface area contributed by atoms with Crippen LogP contribution in [0.15, 0.2) is 30.3 Å². The number of benzene rings is 1. The van der Waals surface area contributed by atoms with Gasteiger partial charge in [-0.2, -0.15) is 5.10 Å². The van der Waals surface area contributed by atoms with Crippen LogP contribution in [0.3, 0.4) is 0 Å². The molecule has 2 aromatic rings. The smallest absolute Gasteiger partial charge is 0.318 e. The zero-order chi connectivity index (χ0) is 23.0. The molecule has 1 aliphatic heterocycles. The maximum absolute atomic E-state index is 13.0. The molecule has 0 aliphatic carbocycles. The van der Waals surface area contributed by atoms with E-state index in [2.05, 4.69) is 40.5 Å². The van der Waals surface area contributed by atoms with Gasteiger partial charge in [-0.1, -0.05) is 63.8 Å². The minimum atomic E-state index is -1.75. The fourth-order valence-corrected chi connectivity index (χ4v) is 4.20. The Kier molecular flexibility index (Phi) is 6.29. The number of aromatic nitrogens is 2. The number of nitrogens with zero attached hydrogens (tertiary/aromatic N) is 2. The fourth-order valence-electron chi connectivity index (χ4n) is 3.45. The van der Waals surface area contributed by atoms with Gasteiger partial charge in [-0.05, 0) is 12.5 Å². The summed E-state index contributed by atoms with van der Waals surface area (Å²) >= 11 is 0. The molecule has 9 heteroatoms. The molecule has 31 heavy (non-hydrogen) atoms. The molecular weight excluding hydrogens is 410 g/mol. The molecular formula is C22H33N5O3Si. The van der Waals surface area contributed by atoms with E-state index in [1.54, 1.807) is 4.90 Å². The molecule has 1 unspecified atom stereocenters. The molecule has 2 heterocycles. The van der Waals surface area contributed by atoms with E-state index in [0.29, 0.717) is 12.4 Å². The lowest BCUT2D eigenvalue weighted by molar-refractivity contribution is -0.118. The zero-order valence-electron chi connectivity index (χ0n) is 19.1. The van der Waals surface area contributed by atoms with Crippen LogP contribution in [0.4, 0.5) is 10.6 Å². The van der Waals surface area contributed by atoms with Crippen molar-refractivity contribution < 1.29 is 14.7 Å². The van der Waals surface area contributed by atoms with Crippen LogP contribution in [0.1, 0.15) is 49.7 Å². The molecule has 1 aromatic carbocycles. The van der Waals surface area contributed by atoms with Crippen molar-refractivity contribution in [3.63, 3.8) is 0 Å². The van der Waals surface area contributed by atoms with Crippen molar-refractivity contribution in [2.75, 3.05) is 11.9 Å². The Morgan fingerprint density at radius 2 is 1.94 bits per heavy atom. The summed E-state index contributed by atoms with van der Waals surface area (Å²) in [7, 11) is -1.75. The zero-order valence-corrected chi connectivity index (χ0v) is 20.1. The van der Waals surface area contributed by atoms with E-state index in [0.717, 1.165) is 16.8 Å². The van der Waals surface area contributed by atoms with E-state index in [-0.39, 0.29) is 24.6 Å². The highest BCUT2D eigenvalue weighted by Crippen LogP contribution is 2.40. The van der Waals surface area contributed by atoms with Gasteiger partial charge in [0.2, 0.25) is 5.91 Å². The Hall–Kier alpha value is -2.65. The number of rotatable bonds is 6. The number of carbonyl (C=O) groups excluding carboxylic acids is 2. The van der Waals surface area contributed by atoms with Crippen molar-refractivity contribution in [1.29, 1.82) is 0 Å². The number of nitrogens with one attached hydrogen (secondary N) is 3. The number of urea groups is 1. The van der Waals surface area contributed by atoms with Crippen LogP contribution in [0.5, 0.6) is 0 Å². The van der Waals surface area contributed by atoms with Crippen molar-refractivity contribution in [3.05, 3.63) is 47.2 Å². The first-order valence-corrected chi connectivity index (χ1v) is 14.1. The Balaban J connectivity index is 1.73. The van der Waals surface area contributed by atoms with Crippen molar-refractivity contribution >= 4 is 25.8 Å². The fraction of sp³-hybridized carbons (Fsp3) is 0.500. The number of aromatic amines is 1. The second-order valence-corrected chi connectivity index (χ2v) is 15.4. The number of H-pyrrole nitrogens is 1. The Morgan fingerprint density at radius 1 is 1.29 bits per heavy atom. The van der Waals surface area contributed by atoms with Crippen LogP contribution in [0, 0.1) is 0 Å². The van der Waals surface area contributed by atoms with Gasteiger partial charge < -0.3 is 20.6 Å². The summed E-state index contributed by atoms with van der Waals surface area (Å²) in [4.78, 5) is 27.6. The van der Waals surface area contributed by atoms with E-state index in [4.69, 9.17) is 0 Å². The molecule has 8 nitrogen and oxygen atoms in total. The molecule has 1 aliphatic rings. The molecule has 168 valence electrons. The lowest BCUT2D eigenvalue weighted by Crippen LogP contribution is -2.44. The van der Waals surface area contributed by atoms with Crippen LogP contribution in [-0.2, 0) is 11.3 Å². The first-order chi connectivity index (χ1) is 14.5. The van der Waals surface area contributed by atoms with E-state index < -0.39 is 19.2 Å². The number of carbonyl (C=O) groups is 2. The number of fused-ring (bicyclic) bond motifs is 1. The largest absolute Gasteiger partial charge is 0.394 e. The van der Waals surface area contributed by atoms with E-state index in [1.807, 2.05) is 51.1 Å². The minimum absolute atomic E-state index is 0.0547. The van der Waals surface area contributed by atoms with Gasteiger partial charge in [-0.3, -0.25) is 9.89 Å². The van der Waals surface area contributed by atoms with Gasteiger partial charge in [0.25, 0.3) is 0 Å². The highest BCUT2D eigenvalue weighted by molar-refractivity contribution is 6.82. The third-order valence-electron chi connectivity index (χ3n) is 6.73. The van der Waals surface area contributed by atoms with Crippen molar-refractivity contribution in [1.82, 2.24) is 20.4 Å². The van der Waals surface area contributed by atoms with Gasteiger partial charge >= 0.3 is 6.03 Å². The van der Waals surface area contributed by atoms with Gasteiger partial charge in [-0.15, -0.1) is 0 Å². The number of anilines is 1. The molecule has 0 fully saturated rings. The molecule has 1 aromatic heterocycles. The summed E-state index contributed by atoms with van der Waals surface area (Å²) < 4.78 is 0. The van der Waals surface area contributed by atoms with E-state index in [9.17, 15) is 14.7 Å². The van der Waals surface area contributed by atoms with Gasteiger partial charge in [0.15, 0.2) is 5.82 Å². The summed E-state index contributed by atoms with van der Waals surface area (Å²) in [6, 6.07) is 8.37. The van der Waals surface area contributed by atoms with Gasteiger partial charge in [0, 0.05) is 10.6 Å². The van der Waals surface area contributed by atoms with Gasteiger partial charge in [0.1, 0.15) is 0 Å². The third kappa shape index (κ3) is 4.38. The standard InChI is InChI=1S/C22H33N5O3Si/c1-14-18-16(19(26-25-18)24-20(29)22(2,3)31(4,5)6)12-27(14)21(30)23-17(13-28)15-10-8-7-9-11-15/h7-11,14,17,28H,12-13H2,1-6H3,(H,23,30)(H2,24,25,26,29)/t14?,17-/m1/s1. The predicted molar refractivity (Wildman–Crippen MR) is 123 cm³/mol. The normalized spacial score (nSPS) is 17.3. The van der Waals surface area contributed by atoms with Crippen LogP contribution in [0.2, 0.25) is 24.7 Å². The van der Waals surface area contributed by atoms with E-state index in [1.165, 1.54) is 0 Å². The molecule has 0 radical (unpaired) electrons. The minimum Gasteiger partial charge on any atom is -0.394 e. The molecule has 4 N–H and O–H groups in total. The molecule has 0 saturated carbocycles. The first-order valence-electron chi connectivity index (χ1n) is 10.6. The third-order valence-corrected chi connectivity index (χ3v) is 10.7. The summed E-state index contributed by atoms with van der Waals surface area (Å²) in [5.74, 6) is 0.427.